The lowest BCUT2D eigenvalue weighted by molar-refractivity contribution is 0.0365. The van der Waals surface area contributed by atoms with E-state index in [9.17, 15) is 0 Å². The average Bonchev–Trinajstić information content (AvgIpc) is 3.22. The summed E-state index contributed by atoms with van der Waals surface area (Å²) < 4.78 is 13.1. The fraction of sp³-hybridized carbons (Fsp3) is 0.269. The molecule has 0 radical (unpaired) electrons. The van der Waals surface area contributed by atoms with Gasteiger partial charge in [-0.05, 0) is 29.8 Å². The predicted octanol–water partition coefficient (Wildman–Crippen LogP) is 4.71. The smallest absolute Gasteiger partial charge is 0.118 e. The number of methoxy groups -OCH3 is 1. The van der Waals surface area contributed by atoms with Gasteiger partial charge in [-0.2, -0.15) is 0 Å². The molecule has 0 amide bonds. The molecule has 1 fully saturated rings. The van der Waals surface area contributed by atoms with Crippen molar-refractivity contribution in [1.29, 1.82) is 0 Å². The van der Waals surface area contributed by atoms with Crippen LogP contribution in [0.15, 0.2) is 73.2 Å². The van der Waals surface area contributed by atoms with E-state index < -0.39 is 0 Å². The summed E-state index contributed by atoms with van der Waals surface area (Å²) in [4.78, 5) is 7.03. The average molecular weight is 414 g/mol. The number of ether oxygens (including phenoxy) is 2. The number of pyridine rings is 1. The van der Waals surface area contributed by atoms with Crippen LogP contribution in [0.4, 0.5) is 0 Å². The van der Waals surface area contributed by atoms with E-state index in [-0.39, 0.29) is 0 Å². The largest absolute Gasteiger partial charge is 0.497 e. The molecule has 2 aromatic heterocycles. The summed E-state index contributed by atoms with van der Waals surface area (Å²) in [7, 11) is 1.69. The summed E-state index contributed by atoms with van der Waals surface area (Å²) in [6, 6.07) is 19.0. The Kier molecular flexibility index (Phi) is 5.69. The molecule has 0 bridgehead atoms. The summed E-state index contributed by atoms with van der Waals surface area (Å²) in [5.74, 6) is 0.858. The van der Waals surface area contributed by atoms with E-state index in [0.29, 0.717) is 0 Å². The van der Waals surface area contributed by atoms with Crippen molar-refractivity contribution in [2.45, 2.75) is 6.54 Å². The number of aromatic nitrogens is 2. The van der Waals surface area contributed by atoms with E-state index in [0.717, 1.165) is 61.8 Å². The van der Waals surface area contributed by atoms with E-state index in [2.05, 4.69) is 63.1 Å². The Balaban J connectivity index is 1.47. The van der Waals surface area contributed by atoms with Crippen molar-refractivity contribution in [2.24, 2.45) is 0 Å². The second-order valence-electron chi connectivity index (χ2n) is 7.90. The molecule has 1 aliphatic heterocycles. The maximum absolute atomic E-state index is 5.48. The van der Waals surface area contributed by atoms with Crippen LogP contribution in [-0.2, 0) is 11.3 Å². The van der Waals surface area contributed by atoms with Gasteiger partial charge in [-0.1, -0.05) is 30.3 Å². The number of benzene rings is 2. The molecule has 0 unspecified atom stereocenters. The first kappa shape index (κ1) is 19.8. The molecule has 5 rings (SSSR count). The molecule has 0 spiro atoms. The third-order valence-electron chi connectivity index (χ3n) is 6.02. The van der Waals surface area contributed by atoms with Crippen LogP contribution in [0.1, 0.15) is 0 Å². The lowest BCUT2D eigenvalue weighted by Gasteiger charge is -2.26. The van der Waals surface area contributed by atoms with E-state index >= 15 is 0 Å². The van der Waals surface area contributed by atoms with Gasteiger partial charge in [0.05, 0.1) is 20.3 Å². The van der Waals surface area contributed by atoms with Gasteiger partial charge in [0.25, 0.3) is 0 Å². The van der Waals surface area contributed by atoms with Crippen molar-refractivity contribution >= 4 is 10.9 Å². The zero-order chi connectivity index (χ0) is 21.0. The highest BCUT2D eigenvalue weighted by Gasteiger charge is 2.14. The lowest BCUT2D eigenvalue weighted by Crippen LogP contribution is -2.38. The number of hydrogen-bond donors (Lipinski definition) is 0. The molecule has 158 valence electrons. The Hall–Kier alpha value is -3.15. The van der Waals surface area contributed by atoms with Crippen LogP contribution < -0.4 is 4.74 Å². The molecular weight excluding hydrogens is 386 g/mol. The van der Waals surface area contributed by atoms with Crippen LogP contribution in [0.2, 0.25) is 0 Å². The lowest BCUT2D eigenvalue weighted by atomic mass is 10.0. The molecule has 2 aromatic carbocycles. The maximum atomic E-state index is 5.48. The molecule has 0 N–H and O–H groups in total. The van der Waals surface area contributed by atoms with Crippen LogP contribution in [0.5, 0.6) is 5.75 Å². The van der Waals surface area contributed by atoms with Gasteiger partial charge >= 0.3 is 0 Å². The summed E-state index contributed by atoms with van der Waals surface area (Å²) in [6.07, 6.45) is 6.16. The maximum Gasteiger partial charge on any atom is 0.118 e. The predicted molar refractivity (Wildman–Crippen MR) is 124 cm³/mol. The third-order valence-corrected chi connectivity index (χ3v) is 6.02. The monoisotopic (exact) mass is 413 g/mol. The Morgan fingerprint density at radius 2 is 1.68 bits per heavy atom. The number of hydrogen-bond acceptors (Lipinski definition) is 4. The van der Waals surface area contributed by atoms with Crippen molar-refractivity contribution in [3.05, 3.63) is 73.2 Å². The highest BCUT2D eigenvalue weighted by molar-refractivity contribution is 5.96. The van der Waals surface area contributed by atoms with Crippen molar-refractivity contribution in [2.75, 3.05) is 40.0 Å². The Morgan fingerprint density at radius 3 is 2.48 bits per heavy atom. The minimum atomic E-state index is 0.835. The van der Waals surface area contributed by atoms with Gasteiger partial charge in [-0.3, -0.25) is 9.88 Å². The number of morpholine rings is 1. The van der Waals surface area contributed by atoms with Crippen LogP contribution in [0.25, 0.3) is 33.2 Å². The Bertz CT molecular complexity index is 1160. The summed E-state index contributed by atoms with van der Waals surface area (Å²) in [6.45, 7) is 5.69. The Labute approximate surface area is 182 Å². The molecule has 5 heteroatoms. The first-order chi connectivity index (χ1) is 15.3. The fourth-order valence-electron chi connectivity index (χ4n) is 4.26. The van der Waals surface area contributed by atoms with Crippen LogP contribution in [0.3, 0.4) is 0 Å². The molecule has 5 nitrogen and oxygen atoms in total. The van der Waals surface area contributed by atoms with Crippen molar-refractivity contribution in [3.8, 4) is 28.0 Å². The SMILES string of the molecule is COc1ccc(-c2cncc(-c3cn(CCN4CCOCC4)c4ccccc34)c2)cc1. The van der Waals surface area contributed by atoms with Crippen molar-refractivity contribution in [1.82, 2.24) is 14.5 Å². The standard InChI is InChI=1S/C26H27N3O2/c1-30-23-8-6-20(7-9-23)21-16-22(18-27-17-21)25-19-29(26-5-3-2-4-24(25)26)11-10-28-12-14-31-15-13-28/h2-9,16-19H,10-15H2,1H3. The second kappa shape index (κ2) is 8.92. The molecule has 0 aliphatic carbocycles. The third kappa shape index (κ3) is 4.20. The first-order valence-corrected chi connectivity index (χ1v) is 10.8. The molecule has 3 heterocycles. The molecule has 1 saturated heterocycles. The first-order valence-electron chi connectivity index (χ1n) is 10.8. The van der Waals surface area contributed by atoms with Gasteiger partial charge < -0.3 is 14.0 Å². The topological polar surface area (TPSA) is 39.5 Å². The van der Waals surface area contributed by atoms with Crippen LogP contribution in [0, 0.1) is 0 Å². The molecule has 4 aromatic rings. The van der Waals surface area contributed by atoms with Gasteiger partial charge in [0.15, 0.2) is 0 Å². The summed E-state index contributed by atoms with van der Waals surface area (Å²) in [5.41, 5.74) is 5.85. The number of rotatable bonds is 6. The van der Waals surface area contributed by atoms with Crippen molar-refractivity contribution < 1.29 is 9.47 Å². The summed E-state index contributed by atoms with van der Waals surface area (Å²) in [5, 5.41) is 1.26. The van der Waals surface area contributed by atoms with Gasteiger partial charge in [-0.25, -0.2) is 0 Å². The minimum absolute atomic E-state index is 0.835. The minimum Gasteiger partial charge on any atom is -0.497 e. The molecular formula is C26H27N3O2. The van der Waals surface area contributed by atoms with Crippen molar-refractivity contribution in [3.63, 3.8) is 0 Å². The quantitative estimate of drug-likeness (QED) is 0.459. The van der Waals surface area contributed by atoms with Crippen LogP contribution >= 0.6 is 0 Å². The van der Waals surface area contributed by atoms with Gasteiger partial charge in [0, 0.05) is 72.4 Å². The van der Waals surface area contributed by atoms with Crippen LogP contribution in [-0.4, -0.2) is 54.4 Å². The Morgan fingerprint density at radius 1 is 0.903 bits per heavy atom. The molecule has 0 atom stereocenters. The molecule has 31 heavy (non-hydrogen) atoms. The molecule has 0 saturated carbocycles. The number of para-hydroxylation sites is 1. The normalized spacial score (nSPS) is 14.7. The van der Waals surface area contributed by atoms with E-state index in [1.165, 1.54) is 16.5 Å². The zero-order valence-electron chi connectivity index (χ0n) is 17.8. The van der Waals surface area contributed by atoms with Gasteiger partial charge in [0.2, 0.25) is 0 Å². The fourth-order valence-corrected chi connectivity index (χ4v) is 4.26. The molecule has 1 aliphatic rings. The van der Waals surface area contributed by atoms with E-state index in [4.69, 9.17) is 9.47 Å². The van der Waals surface area contributed by atoms with E-state index in [1.807, 2.05) is 24.5 Å². The number of fused-ring (bicyclic) bond motifs is 1. The highest BCUT2D eigenvalue weighted by atomic mass is 16.5. The summed E-state index contributed by atoms with van der Waals surface area (Å²) >= 11 is 0. The zero-order valence-corrected chi connectivity index (χ0v) is 17.8. The number of nitrogens with zero attached hydrogens (tertiary/aromatic N) is 3. The highest BCUT2D eigenvalue weighted by Crippen LogP contribution is 2.33. The van der Waals surface area contributed by atoms with Gasteiger partial charge in [0.1, 0.15) is 5.75 Å². The van der Waals surface area contributed by atoms with E-state index in [1.54, 1.807) is 7.11 Å². The second-order valence-corrected chi connectivity index (χ2v) is 7.90. The van der Waals surface area contributed by atoms with Gasteiger partial charge in [-0.15, -0.1) is 0 Å².